The van der Waals surface area contributed by atoms with Crippen molar-refractivity contribution < 1.29 is 9.59 Å². The van der Waals surface area contributed by atoms with E-state index < -0.39 is 0 Å². The van der Waals surface area contributed by atoms with Crippen LogP contribution in [0.1, 0.15) is 20.7 Å². The minimum Gasteiger partial charge on any atom is -0.275 e. The molecule has 23 heavy (non-hydrogen) atoms. The summed E-state index contributed by atoms with van der Waals surface area (Å²) in [5, 5.41) is 4.15. The minimum absolute atomic E-state index is 0.283. The second-order valence-corrected chi connectivity index (χ2v) is 5.44. The van der Waals surface area contributed by atoms with Gasteiger partial charge in [-0.15, -0.1) is 0 Å². The van der Waals surface area contributed by atoms with E-state index in [9.17, 15) is 9.59 Å². The Balaban J connectivity index is 1.78. The summed E-state index contributed by atoms with van der Waals surface area (Å²) in [4.78, 5) is 26.3. The number of hydrogen-bond acceptors (Lipinski definition) is 3. The van der Waals surface area contributed by atoms with Gasteiger partial charge < -0.3 is 0 Å². The number of rotatable bonds is 2. The summed E-state index contributed by atoms with van der Waals surface area (Å²) in [6.45, 7) is 0. The lowest BCUT2D eigenvalue weighted by atomic mass is 10.1. The Bertz CT molecular complexity index is 908. The number of aromatic nitrogens is 2. The van der Waals surface area contributed by atoms with Crippen molar-refractivity contribution in [2.24, 2.45) is 7.05 Å². The highest BCUT2D eigenvalue weighted by molar-refractivity contribution is 6.34. The SMILES string of the molecule is Cn1cc(-c2cccc(N3C(=O)c4ccccc4C3=O)c2)cn1. The van der Waals surface area contributed by atoms with Crippen molar-refractivity contribution in [3.63, 3.8) is 0 Å². The maximum atomic E-state index is 12.5. The summed E-state index contributed by atoms with van der Waals surface area (Å²) in [5.41, 5.74) is 3.31. The smallest absolute Gasteiger partial charge is 0.266 e. The van der Waals surface area contributed by atoms with Crippen LogP contribution in [0.2, 0.25) is 0 Å². The third-order valence-corrected chi connectivity index (χ3v) is 3.94. The molecule has 5 nitrogen and oxygen atoms in total. The fourth-order valence-corrected chi connectivity index (χ4v) is 2.82. The van der Waals surface area contributed by atoms with Gasteiger partial charge >= 0.3 is 0 Å². The summed E-state index contributed by atoms with van der Waals surface area (Å²) < 4.78 is 1.71. The monoisotopic (exact) mass is 303 g/mol. The van der Waals surface area contributed by atoms with Crippen LogP contribution in [0.3, 0.4) is 0 Å². The van der Waals surface area contributed by atoms with Crippen molar-refractivity contribution in [2.75, 3.05) is 4.90 Å². The van der Waals surface area contributed by atoms with Crippen LogP contribution in [0.4, 0.5) is 5.69 Å². The Kier molecular flexibility index (Phi) is 2.87. The van der Waals surface area contributed by atoms with Crippen molar-refractivity contribution in [2.45, 2.75) is 0 Å². The van der Waals surface area contributed by atoms with Crippen LogP contribution >= 0.6 is 0 Å². The predicted molar refractivity (Wildman–Crippen MR) is 86.2 cm³/mol. The summed E-state index contributed by atoms with van der Waals surface area (Å²) in [6.07, 6.45) is 3.64. The molecule has 2 amide bonds. The number of carbonyl (C=O) groups excluding carboxylic acids is 2. The van der Waals surface area contributed by atoms with Gasteiger partial charge in [0.15, 0.2) is 0 Å². The third-order valence-electron chi connectivity index (χ3n) is 3.94. The van der Waals surface area contributed by atoms with Gasteiger partial charge in [-0.25, -0.2) is 4.90 Å². The number of hydrogen-bond donors (Lipinski definition) is 0. The number of imide groups is 1. The van der Waals surface area contributed by atoms with E-state index >= 15 is 0 Å². The molecular formula is C18H13N3O2. The highest BCUT2D eigenvalue weighted by Gasteiger charge is 2.36. The normalized spacial score (nSPS) is 13.5. The van der Waals surface area contributed by atoms with Crippen LogP contribution in [-0.2, 0) is 7.05 Å². The van der Waals surface area contributed by atoms with Crippen molar-refractivity contribution >= 4 is 17.5 Å². The second-order valence-electron chi connectivity index (χ2n) is 5.44. The number of aryl methyl sites for hydroxylation is 1. The first kappa shape index (κ1) is 13.5. The van der Waals surface area contributed by atoms with E-state index in [2.05, 4.69) is 5.10 Å². The largest absolute Gasteiger partial charge is 0.275 e. The Morgan fingerprint density at radius 2 is 1.57 bits per heavy atom. The van der Waals surface area contributed by atoms with Gasteiger partial charge in [-0.3, -0.25) is 14.3 Å². The van der Waals surface area contributed by atoms with E-state index in [-0.39, 0.29) is 11.8 Å². The maximum Gasteiger partial charge on any atom is 0.266 e. The quantitative estimate of drug-likeness (QED) is 0.684. The highest BCUT2D eigenvalue weighted by Crippen LogP contribution is 2.31. The molecule has 0 spiro atoms. The molecule has 2 aromatic carbocycles. The first-order chi connectivity index (χ1) is 11.1. The third kappa shape index (κ3) is 2.05. The molecule has 0 atom stereocenters. The summed E-state index contributed by atoms with van der Waals surface area (Å²) in [7, 11) is 1.84. The van der Waals surface area contributed by atoms with Crippen molar-refractivity contribution in [1.29, 1.82) is 0 Å². The lowest BCUT2D eigenvalue weighted by Crippen LogP contribution is -2.29. The number of benzene rings is 2. The molecule has 1 aliphatic heterocycles. The van der Waals surface area contributed by atoms with Gasteiger partial charge in [0.25, 0.3) is 11.8 Å². The van der Waals surface area contributed by atoms with Crippen LogP contribution in [0.25, 0.3) is 11.1 Å². The van der Waals surface area contributed by atoms with E-state index in [0.717, 1.165) is 11.1 Å². The molecule has 1 aromatic heterocycles. The van der Waals surface area contributed by atoms with Crippen LogP contribution in [-0.4, -0.2) is 21.6 Å². The zero-order valence-electron chi connectivity index (χ0n) is 12.4. The Hall–Kier alpha value is -3.21. The van der Waals surface area contributed by atoms with Gasteiger partial charge in [0.05, 0.1) is 23.0 Å². The van der Waals surface area contributed by atoms with E-state index in [1.807, 2.05) is 31.4 Å². The highest BCUT2D eigenvalue weighted by atomic mass is 16.2. The second kappa shape index (κ2) is 4.91. The Labute approximate surface area is 132 Å². The number of amides is 2. The molecule has 0 N–H and O–H groups in total. The molecule has 0 bridgehead atoms. The molecule has 2 heterocycles. The van der Waals surface area contributed by atoms with Gasteiger partial charge in [0.1, 0.15) is 0 Å². The van der Waals surface area contributed by atoms with Crippen LogP contribution in [0.5, 0.6) is 0 Å². The number of fused-ring (bicyclic) bond motifs is 1. The van der Waals surface area contributed by atoms with E-state index in [0.29, 0.717) is 16.8 Å². The summed E-state index contributed by atoms with van der Waals surface area (Å²) in [6, 6.07) is 14.3. The molecule has 1 aliphatic rings. The number of nitrogens with zero attached hydrogens (tertiary/aromatic N) is 3. The molecule has 0 saturated carbocycles. The molecule has 112 valence electrons. The molecular weight excluding hydrogens is 290 g/mol. The molecule has 5 heteroatoms. The van der Waals surface area contributed by atoms with Gasteiger partial charge in [0.2, 0.25) is 0 Å². The average Bonchev–Trinajstić information content (AvgIpc) is 3.11. The topological polar surface area (TPSA) is 55.2 Å². The lowest BCUT2D eigenvalue weighted by Gasteiger charge is -2.14. The standard InChI is InChI=1S/C18H13N3O2/c1-20-11-13(10-19-20)12-5-4-6-14(9-12)21-17(22)15-7-2-3-8-16(15)18(21)23/h2-11H,1H3. The molecule has 4 rings (SSSR count). The zero-order chi connectivity index (χ0) is 16.0. The maximum absolute atomic E-state index is 12.5. The minimum atomic E-state index is -0.283. The molecule has 3 aromatic rings. The fraction of sp³-hybridized carbons (Fsp3) is 0.0556. The van der Waals surface area contributed by atoms with E-state index in [4.69, 9.17) is 0 Å². The average molecular weight is 303 g/mol. The van der Waals surface area contributed by atoms with E-state index in [1.54, 1.807) is 41.2 Å². The summed E-state index contributed by atoms with van der Waals surface area (Å²) >= 11 is 0. The first-order valence-electron chi connectivity index (χ1n) is 7.22. The van der Waals surface area contributed by atoms with E-state index in [1.165, 1.54) is 4.90 Å². The van der Waals surface area contributed by atoms with Crippen molar-refractivity contribution in [3.05, 3.63) is 72.1 Å². The Morgan fingerprint density at radius 1 is 0.870 bits per heavy atom. The Morgan fingerprint density at radius 3 is 2.17 bits per heavy atom. The lowest BCUT2D eigenvalue weighted by molar-refractivity contribution is 0.0926. The van der Waals surface area contributed by atoms with Crippen molar-refractivity contribution in [3.8, 4) is 11.1 Å². The van der Waals surface area contributed by atoms with Crippen molar-refractivity contribution in [1.82, 2.24) is 9.78 Å². The fourth-order valence-electron chi connectivity index (χ4n) is 2.82. The van der Waals surface area contributed by atoms with Gasteiger partial charge in [-0.05, 0) is 29.8 Å². The van der Waals surface area contributed by atoms with Gasteiger partial charge in [0, 0.05) is 18.8 Å². The number of carbonyl (C=O) groups is 2. The molecule has 0 radical (unpaired) electrons. The van der Waals surface area contributed by atoms with Gasteiger partial charge in [-0.1, -0.05) is 24.3 Å². The first-order valence-corrected chi connectivity index (χ1v) is 7.22. The zero-order valence-corrected chi connectivity index (χ0v) is 12.4. The molecule has 0 saturated heterocycles. The predicted octanol–water partition coefficient (Wildman–Crippen LogP) is 2.89. The van der Waals surface area contributed by atoms with Gasteiger partial charge in [-0.2, -0.15) is 5.10 Å². The molecule has 0 fully saturated rings. The van der Waals surface area contributed by atoms with Crippen LogP contribution in [0, 0.1) is 0 Å². The number of anilines is 1. The molecule has 0 unspecified atom stereocenters. The summed E-state index contributed by atoms with van der Waals surface area (Å²) in [5.74, 6) is -0.567. The van der Waals surface area contributed by atoms with Crippen LogP contribution < -0.4 is 4.90 Å². The molecule has 0 aliphatic carbocycles. The van der Waals surface area contributed by atoms with Crippen LogP contribution in [0.15, 0.2) is 60.9 Å².